The van der Waals surface area contributed by atoms with E-state index < -0.39 is 0 Å². The number of carbonyl (C=O) groups is 1. The predicted molar refractivity (Wildman–Crippen MR) is 81.2 cm³/mol. The van der Waals surface area contributed by atoms with Gasteiger partial charge in [-0.05, 0) is 60.7 Å². The Hall–Kier alpha value is -0.870. The summed E-state index contributed by atoms with van der Waals surface area (Å²) in [6, 6.07) is 6.51. The molecule has 1 aliphatic rings. The molecule has 3 nitrogen and oxygen atoms in total. The molecule has 0 unspecified atom stereocenters. The van der Waals surface area contributed by atoms with Crippen LogP contribution in [0.15, 0.2) is 22.7 Å². The number of nitrogens with zero attached hydrogens (tertiary/aromatic N) is 1. The molecule has 1 aliphatic carbocycles. The summed E-state index contributed by atoms with van der Waals surface area (Å²) >= 11 is 3.47. The van der Waals surface area contributed by atoms with Crippen LogP contribution in [0.2, 0.25) is 0 Å². The molecule has 1 aromatic carbocycles. The summed E-state index contributed by atoms with van der Waals surface area (Å²) in [7, 11) is 1.90. The van der Waals surface area contributed by atoms with Crippen molar-refractivity contribution in [2.24, 2.45) is 5.73 Å². The summed E-state index contributed by atoms with van der Waals surface area (Å²) in [5.41, 5.74) is 7.77. The first-order chi connectivity index (χ1) is 8.99. The monoisotopic (exact) mass is 324 g/mol. The van der Waals surface area contributed by atoms with Crippen molar-refractivity contribution in [1.29, 1.82) is 0 Å². The zero-order chi connectivity index (χ0) is 14.0. The number of aryl methyl sites for hydroxylation is 1. The lowest BCUT2D eigenvalue weighted by molar-refractivity contribution is 0.0689. The lowest BCUT2D eigenvalue weighted by Gasteiger charge is -2.33. The first-order valence-electron chi connectivity index (χ1n) is 6.78. The van der Waals surface area contributed by atoms with Crippen molar-refractivity contribution >= 4 is 21.8 Å². The Balaban J connectivity index is 2.12. The molecule has 0 aliphatic heterocycles. The maximum absolute atomic E-state index is 12.6. The second kappa shape index (κ2) is 6.06. The fourth-order valence-electron chi connectivity index (χ4n) is 2.65. The van der Waals surface area contributed by atoms with Crippen LogP contribution in [0.1, 0.15) is 41.6 Å². The highest BCUT2D eigenvalue weighted by atomic mass is 79.9. The molecule has 104 valence electrons. The Morgan fingerprint density at radius 2 is 1.95 bits per heavy atom. The lowest BCUT2D eigenvalue weighted by Crippen LogP contribution is -2.42. The molecule has 1 amide bonds. The fourth-order valence-corrected chi connectivity index (χ4v) is 3.06. The minimum atomic E-state index is 0.0936. The van der Waals surface area contributed by atoms with E-state index in [1.54, 1.807) is 0 Å². The molecule has 0 spiro atoms. The standard InChI is InChI=1S/C15H21BrN2O/c1-10-3-8-14(16)13(9-10)15(19)18(2)12-6-4-11(17)5-7-12/h3,8-9,11-12H,4-7,17H2,1-2H3. The van der Waals surface area contributed by atoms with Crippen molar-refractivity contribution in [3.63, 3.8) is 0 Å². The van der Waals surface area contributed by atoms with Gasteiger partial charge in [0.2, 0.25) is 0 Å². The van der Waals surface area contributed by atoms with Crippen molar-refractivity contribution in [1.82, 2.24) is 4.90 Å². The van der Waals surface area contributed by atoms with Gasteiger partial charge in [0, 0.05) is 23.6 Å². The van der Waals surface area contributed by atoms with Gasteiger partial charge in [0.1, 0.15) is 0 Å². The molecule has 0 aromatic heterocycles. The molecule has 0 saturated heterocycles. The molecule has 0 radical (unpaired) electrons. The van der Waals surface area contributed by atoms with Crippen molar-refractivity contribution in [3.8, 4) is 0 Å². The minimum Gasteiger partial charge on any atom is -0.339 e. The molecule has 1 aromatic rings. The molecule has 0 atom stereocenters. The number of benzene rings is 1. The lowest BCUT2D eigenvalue weighted by atomic mass is 9.90. The Morgan fingerprint density at radius 1 is 1.32 bits per heavy atom. The van der Waals surface area contributed by atoms with E-state index in [4.69, 9.17) is 5.73 Å². The molecule has 0 bridgehead atoms. The normalized spacial score (nSPS) is 23.2. The van der Waals surface area contributed by atoms with Crippen LogP contribution in [-0.4, -0.2) is 29.9 Å². The number of halogens is 1. The predicted octanol–water partition coefficient (Wildman–Crippen LogP) is 3.10. The molecular weight excluding hydrogens is 304 g/mol. The van der Waals surface area contributed by atoms with Gasteiger partial charge < -0.3 is 10.6 Å². The van der Waals surface area contributed by atoms with E-state index in [-0.39, 0.29) is 5.91 Å². The van der Waals surface area contributed by atoms with Crippen LogP contribution in [0.25, 0.3) is 0 Å². The highest BCUT2D eigenvalue weighted by Crippen LogP contribution is 2.25. The molecule has 1 fully saturated rings. The molecular formula is C15H21BrN2O. The minimum absolute atomic E-state index is 0.0936. The SMILES string of the molecule is Cc1ccc(Br)c(C(=O)N(C)C2CCC(N)CC2)c1. The van der Waals surface area contributed by atoms with Gasteiger partial charge in [0.25, 0.3) is 5.91 Å². The fraction of sp³-hybridized carbons (Fsp3) is 0.533. The number of carbonyl (C=O) groups excluding carboxylic acids is 1. The smallest absolute Gasteiger partial charge is 0.254 e. The van der Waals surface area contributed by atoms with Gasteiger partial charge >= 0.3 is 0 Å². The molecule has 19 heavy (non-hydrogen) atoms. The topological polar surface area (TPSA) is 46.3 Å². The molecule has 4 heteroatoms. The van der Waals surface area contributed by atoms with E-state index in [1.165, 1.54) is 0 Å². The third-order valence-electron chi connectivity index (χ3n) is 3.96. The number of hydrogen-bond acceptors (Lipinski definition) is 2. The summed E-state index contributed by atoms with van der Waals surface area (Å²) in [6.45, 7) is 2.00. The average Bonchev–Trinajstić information content (AvgIpc) is 2.41. The van der Waals surface area contributed by atoms with Crippen LogP contribution in [-0.2, 0) is 0 Å². The van der Waals surface area contributed by atoms with Crippen LogP contribution < -0.4 is 5.73 Å². The summed E-state index contributed by atoms with van der Waals surface area (Å²) in [4.78, 5) is 14.4. The van der Waals surface area contributed by atoms with Crippen molar-refractivity contribution < 1.29 is 4.79 Å². The number of rotatable bonds is 2. The number of nitrogens with two attached hydrogens (primary N) is 1. The van der Waals surface area contributed by atoms with Crippen molar-refractivity contribution in [2.75, 3.05) is 7.05 Å². The summed E-state index contributed by atoms with van der Waals surface area (Å²) < 4.78 is 0.863. The van der Waals surface area contributed by atoms with Gasteiger partial charge in [0.15, 0.2) is 0 Å². The Labute approximate surface area is 123 Å². The zero-order valence-electron chi connectivity index (χ0n) is 11.5. The summed E-state index contributed by atoms with van der Waals surface area (Å²) in [6.07, 6.45) is 4.04. The molecule has 0 heterocycles. The van der Waals surface area contributed by atoms with Crippen LogP contribution in [0.3, 0.4) is 0 Å². The average molecular weight is 325 g/mol. The van der Waals surface area contributed by atoms with E-state index in [2.05, 4.69) is 15.9 Å². The third-order valence-corrected chi connectivity index (χ3v) is 4.65. The zero-order valence-corrected chi connectivity index (χ0v) is 13.1. The molecule has 2 N–H and O–H groups in total. The second-order valence-electron chi connectivity index (χ2n) is 5.47. The molecule has 2 rings (SSSR count). The van der Waals surface area contributed by atoms with Crippen LogP contribution in [0, 0.1) is 6.92 Å². The van der Waals surface area contributed by atoms with E-state index in [0.29, 0.717) is 12.1 Å². The van der Waals surface area contributed by atoms with Gasteiger partial charge in [-0.1, -0.05) is 11.6 Å². The Kier molecular flexibility index (Phi) is 4.63. The number of amides is 1. The second-order valence-corrected chi connectivity index (χ2v) is 6.32. The van der Waals surface area contributed by atoms with Gasteiger partial charge in [0.05, 0.1) is 5.56 Å². The van der Waals surface area contributed by atoms with Crippen LogP contribution in [0.5, 0.6) is 0 Å². The third kappa shape index (κ3) is 3.37. The van der Waals surface area contributed by atoms with E-state index in [1.807, 2.05) is 37.1 Å². The largest absolute Gasteiger partial charge is 0.339 e. The van der Waals surface area contributed by atoms with Crippen molar-refractivity contribution in [3.05, 3.63) is 33.8 Å². The quantitative estimate of drug-likeness (QED) is 0.908. The highest BCUT2D eigenvalue weighted by molar-refractivity contribution is 9.10. The van der Waals surface area contributed by atoms with Gasteiger partial charge in [-0.25, -0.2) is 0 Å². The van der Waals surface area contributed by atoms with E-state index >= 15 is 0 Å². The van der Waals surface area contributed by atoms with Crippen LogP contribution >= 0.6 is 15.9 Å². The first-order valence-corrected chi connectivity index (χ1v) is 7.57. The van der Waals surface area contributed by atoms with Gasteiger partial charge in [-0.15, -0.1) is 0 Å². The van der Waals surface area contributed by atoms with Gasteiger partial charge in [-0.2, -0.15) is 0 Å². The maximum atomic E-state index is 12.6. The summed E-state index contributed by atoms with van der Waals surface area (Å²) in [5.74, 6) is 0.0936. The van der Waals surface area contributed by atoms with Gasteiger partial charge in [-0.3, -0.25) is 4.79 Å². The van der Waals surface area contributed by atoms with Crippen molar-refractivity contribution in [2.45, 2.75) is 44.7 Å². The van der Waals surface area contributed by atoms with Crippen LogP contribution in [0.4, 0.5) is 0 Å². The Morgan fingerprint density at radius 3 is 2.58 bits per heavy atom. The summed E-state index contributed by atoms with van der Waals surface area (Å²) in [5, 5.41) is 0. The number of hydrogen-bond donors (Lipinski definition) is 1. The molecule has 1 saturated carbocycles. The Bertz CT molecular complexity index is 467. The highest BCUT2D eigenvalue weighted by Gasteiger charge is 2.26. The first kappa shape index (κ1) is 14.5. The maximum Gasteiger partial charge on any atom is 0.254 e. The van der Waals surface area contributed by atoms with E-state index in [9.17, 15) is 4.79 Å². The van der Waals surface area contributed by atoms with E-state index in [0.717, 1.165) is 41.3 Å².